The first-order valence-electron chi connectivity index (χ1n) is 7.36. The SMILES string of the molecule is O=C(OCc1cc(=O)oc2cc(Br)ccc12)c1cccc(OC(F)F)c1. The van der Waals surface area contributed by atoms with Gasteiger partial charge in [-0.1, -0.05) is 22.0 Å². The molecule has 3 rings (SSSR count). The zero-order valence-corrected chi connectivity index (χ0v) is 14.7. The van der Waals surface area contributed by atoms with Crippen LogP contribution in [0.1, 0.15) is 15.9 Å². The van der Waals surface area contributed by atoms with Gasteiger partial charge in [0.15, 0.2) is 0 Å². The van der Waals surface area contributed by atoms with Crippen LogP contribution < -0.4 is 10.4 Å². The highest BCUT2D eigenvalue weighted by molar-refractivity contribution is 9.10. The fourth-order valence-electron chi connectivity index (χ4n) is 2.35. The summed E-state index contributed by atoms with van der Waals surface area (Å²) in [6.07, 6.45) is 0. The van der Waals surface area contributed by atoms with Crippen LogP contribution in [0.25, 0.3) is 11.0 Å². The van der Waals surface area contributed by atoms with Gasteiger partial charge in [0, 0.05) is 21.5 Å². The molecular formula is C18H11BrF2O5. The van der Waals surface area contributed by atoms with Crippen LogP contribution in [-0.4, -0.2) is 12.6 Å². The molecule has 5 nitrogen and oxygen atoms in total. The van der Waals surface area contributed by atoms with Gasteiger partial charge in [-0.2, -0.15) is 8.78 Å². The van der Waals surface area contributed by atoms with E-state index in [1.807, 2.05) is 0 Å². The molecule has 0 saturated heterocycles. The van der Waals surface area contributed by atoms with Crippen molar-refractivity contribution in [1.82, 2.24) is 0 Å². The van der Waals surface area contributed by atoms with Gasteiger partial charge in [-0.3, -0.25) is 0 Å². The predicted molar refractivity (Wildman–Crippen MR) is 92.4 cm³/mol. The average molecular weight is 425 g/mol. The number of carbonyl (C=O) groups excluding carboxylic acids is 1. The summed E-state index contributed by atoms with van der Waals surface area (Å²) in [6.45, 7) is -3.17. The molecule has 1 aromatic heterocycles. The van der Waals surface area contributed by atoms with Gasteiger partial charge in [0.2, 0.25) is 0 Å². The number of esters is 1. The van der Waals surface area contributed by atoms with Crippen molar-refractivity contribution in [2.45, 2.75) is 13.2 Å². The first-order chi connectivity index (χ1) is 12.4. The summed E-state index contributed by atoms with van der Waals surface area (Å²) >= 11 is 3.29. The Morgan fingerprint density at radius 1 is 1.15 bits per heavy atom. The maximum atomic E-state index is 12.3. The van der Waals surface area contributed by atoms with Crippen molar-refractivity contribution in [3.05, 3.63) is 74.6 Å². The minimum atomic E-state index is -2.99. The van der Waals surface area contributed by atoms with E-state index >= 15 is 0 Å². The average Bonchev–Trinajstić information content (AvgIpc) is 2.58. The lowest BCUT2D eigenvalue weighted by Gasteiger charge is -2.09. The maximum absolute atomic E-state index is 12.3. The lowest BCUT2D eigenvalue weighted by Crippen LogP contribution is -2.09. The summed E-state index contributed by atoms with van der Waals surface area (Å²) in [5.41, 5.74) is 0.300. The summed E-state index contributed by atoms with van der Waals surface area (Å²) in [4.78, 5) is 23.8. The third kappa shape index (κ3) is 4.26. The topological polar surface area (TPSA) is 65.7 Å². The Morgan fingerprint density at radius 2 is 1.96 bits per heavy atom. The molecule has 2 aromatic carbocycles. The third-order valence-corrected chi connectivity index (χ3v) is 3.94. The Bertz CT molecular complexity index is 1020. The van der Waals surface area contributed by atoms with Gasteiger partial charge in [-0.25, -0.2) is 9.59 Å². The Labute approximate surface area is 154 Å². The number of ether oxygens (including phenoxy) is 2. The molecule has 0 bridgehead atoms. The number of rotatable bonds is 5. The van der Waals surface area contributed by atoms with E-state index in [1.165, 1.54) is 24.3 Å². The molecule has 0 atom stereocenters. The number of hydrogen-bond donors (Lipinski definition) is 0. The van der Waals surface area contributed by atoms with Gasteiger partial charge in [0.1, 0.15) is 17.9 Å². The minimum Gasteiger partial charge on any atom is -0.457 e. The van der Waals surface area contributed by atoms with E-state index in [1.54, 1.807) is 18.2 Å². The molecule has 0 radical (unpaired) electrons. The summed E-state index contributed by atoms with van der Waals surface area (Å²) in [5.74, 6) is -0.881. The molecule has 0 N–H and O–H groups in total. The van der Waals surface area contributed by atoms with Gasteiger partial charge in [-0.15, -0.1) is 0 Å². The fourth-order valence-corrected chi connectivity index (χ4v) is 2.69. The second kappa shape index (κ2) is 7.65. The van der Waals surface area contributed by atoms with E-state index < -0.39 is 18.2 Å². The second-order valence-electron chi connectivity index (χ2n) is 5.21. The van der Waals surface area contributed by atoms with Crippen molar-refractivity contribution in [3.8, 4) is 5.75 Å². The third-order valence-electron chi connectivity index (χ3n) is 3.45. The standard InChI is InChI=1S/C18H11BrF2O5/c19-12-4-5-14-11(7-16(22)26-15(14)8-12)9-24-17(23)10-2-1-3-13(6-10)25-18(20)21/h1-8,18H,9H2. The number of hydrogen-bond acceptors (Lipinski definition) is 5. The van der Waals surface area contributed by atoms with E-state index in [9.17, 15) is 18.4 Å². The summed E-state index contributed by atoms with van der Waals surface area (Å²) in [6, 6.07) is 11.6. The minimum absolute atomic E-state index is 0.0539. The maximum Gasteiger partial charge on any atom is 0.387 e. The van der Waals surface area contributed by atoms with Crippen LogP contribution in [0, 0.1) is 0 Å². The van der Waals surface area contributed by atoms with Crippen molar-refractivity contribution < 1.29 is 27.5 Å². The van der Waals surface area contributed by atoms with Crippen LogP contribution in [0.5, 0.6) is 5.75 Å². The first kappa shape index (κ1) is 18.1. The van der Waals surface area contributed by atoms with Gasteiger partial charge < -0.3 is 13.9 Å². The molecule has 134 valence electrons. The molecule has 1 heterocycles. The number of fused-ring (bicyclic) bond motifs is 1. The van der Waals surface area contributed by atoms with Crippen LogP contribution in [0.3, 0.4) is 0 Å². The number of halogens is 3. The lowest BCUT2D eigenvalue weighted by molar-refractivity contribution is -0.0499. The molecule has 0 amide bonds. The Hall–Kier alpha value is -2.74. The molecule has 0 spiro atoms. The highest BCUT2D eigenvalue weighted by atomic mass is 79.9. The molecular weight excluding hydrogens is 414 g/mol. The van der Waals surface area contributed by atoms with Crippen LogP contribution in [0.2, 0.25) is 0 Å². The second-order valence-corrected chi connectivity index (χ2v) is 6.13. The van der Waals surface area contributed by atoms with Crippen LogP contribution in [0.4, 0.5) is 8.78 Å². The molecule has 0 aliphatic heterocycles. The largest absolute Gasteiger partial charge is 0.457 e. The lowest BCUT2D eigenvalue weighted by atomic mass is 10.1. The smallest absolute Gasteiger partial charge is 0.387 e. The number of carbonyl (C=O) groups is 1. The number of alkyl halides is 2. The van der Waals surface area contributed by atoms with Gasteiger partial charge in [0.05, 0.1) is 5.56 Å². The monoisotopic (exact) mass is 424 g/mol. The van der Waals surface area contributed by atoms with Crippen LogP contribution in [-0.2, 0) is 11.3 Å². The van der Waals surface area contributed by atoms with Crippen LogP contribution in [0.15, 0.2) is 62.2 Å². The predicted octanol–water partition coefficient (Wildman–Crippen LogP) is 4.51. The van der Waals surface area contributed by atoms with Crippen molar-refractivity contribution in [2.75, 3.05) is 0 Å². The number of benzene rings is 2. The van der Waals surface area contributed by atoms with Crippen molar-refractivity contribution in [3.63, 3.8) is 0 Å². The fraction of sp³-hybridized carbons (Fsp3) is 0.111. The summed E-state index contributed by atoms with van der Waals surface area (Å²) < 4.78 is 39.8. The molecule has 0 unspecified atom stereocenters. The zero-order valence-electron chi connectivity index (χ0n) is 13.1. The van der Waals surface area contributed by atoms with E-state index in [0.717, 1.165) is 10.5 Å². The quantitative estimate of drug-likeness (QED) is 0.445. The molecule has 3 aromatic rings. The molecule has 26 heavy (non-hydrogen) atoms. The van der Waals surface area contributed by atoms with E-state index in [4.69, 9.17) is 9.15 Å². The van der Waals surface area contributed by atoms with Crippen molar-refractivity contribution in [1.29, 1.82) is 0 Å². The Morgan fingerprint density at radius 3 is 2.73 bits per heavy atom. The van der Waals surface area contributed by atoms with E-state index in [2.05, 4.69) is 20.7 Å². The highest BCUT2D eigenvalue weighted by Gasteiger charge is 2.13. The van der Waals surface area contributed by atoms with Crippen molar-refractivity contribution in [2.24, 2.45) is 0 Å². The molecule has 0 aliphatic rings. The van der Waals surface area contributed by atoms with Crippen LogP contribution >= 0.6 is 15.9 Å². The molecule has 0 fully saturated rings. The molecule has 8 heteroatoms. The van der Waals surface area contributed by atoms with Gasteiger partial charge in [-0.05, 0) is 36.4 Å². The Balaban J connectivity index is 1.80. The van der Waals surface area contributed by atoms with Gasteiger partial charge in [0.25, 0.3) is 0 Å². The first-order valence-corrected chi connectivity index (χ1v) is 8.16. The summed E-state index contributed by atoms with van der Waals surface area (Å²) in [7, 11) is 0. The van der Waals surface area contributed by atoms with Crippen molar-refractivity contribution >= 4 is 32.9 Å². The highest BCUT2D eigenvalue weighted by Crippen LogP contribution is 2.23. The zero-order chi connectivity index (χ0) is 18.7. The molecule has 0 aliphatic carbocycles. The van der Waals surface area contributed by atoms with E-state index in [0.29, 0.717) is 16.5 Å². The Kier molecular flexibility index (Phi) is 5.32. The van der Waals surface area contributed by atoms with E-state index in [-0.39, 0.29) is 17.9 Å². The van der Waals surface area contributed by atoms with Gasteiger partial charge >= 0.3 is 18.2 Å². The molecule has 0 saturated carbocycles. The normalized spacial score (nSPS) is 10.9. The summed E-state index contributed by atoms with van der Waals surface area (Å²) in [5, 5.41) is 0.621.